The third-order valence-electron chi connectivity index (χ3n) is 2.30. The lowest BCUT2D eigenvalue weighted by molar-refractivity contribution is 1.11. The maximum atomic E-state index is 4.35. The van der Waals surface area contributed by atoms with Gasteiger partial charge in [0.1, 0.15) is 0 Å². The molecule has 0 radical (unpaired) electrons. The van der Waals surface area contributed by atoms with Crippen LogP contribution in [0.1, 0.15) is 11.1 Å². The van der Waals surface area contributed by atoms with Gasteiger partial charge in [0, 0.05) is 11.8 Å². The van der Waals surface area contributed by atoms with Crippen molar-refractivity contribution in [1.82, 2.24) is 9.97 Å². The Morgan fingerprint density at radius 3 is 2.67 bits per heavy atom. The molecule has 0 spiro atoms. The fraction of sp³-hybridized carbons (Fsp3) is 0.167. The zero-order valence-corrected chi connectivity index (χ0v) is 10.2. The fourth-order valence-electron chi connectivity index (χ4n) is 1.50. The minimum absolute atomic E-state index is 0.626. The molecule has 0 amide bonds. The Morgan fingerprint density at radius 2 is 1.93 bits per heavy atom. The minimum atomic E-state index is 0.626. The normalized spacial score (nSPS) is 10.3. The number of rotatable bonds is 1. The van der Waals surface area contributed by atoms with E-state index in [1.165, 1.54) is 11.1 Å². The van der Waals surface area contributed by atoms with Crippen molar-refractivity contribution in [2.24, 2.45) is 0 Å². The van der Waals surface area contributed by atoms with Crippen molar-refractivity contribution in [2.45, 2.75) is 13.8 Å². The molecule has 0 aliphatic rings. The molecule has 0 saturated heterocycles. The molecule has 15 heavy (non-hydrogen) atoms. The average Bonchev–Trinajstić information content (AvgIpc) is 2.22. The molecule has 2 nitrogen and oxygen atoms in total. The molecule has 2 rings (SSSR count). The van der Waals surface area contributed by atoms with Gasteiger partial charge >= 0.3 is 0 Å². The van der Waals surface area contributed by atoms with Crippen LogP contribution < -0.4 is 0 Å². The van der Waals surface area contributed by atoms with E-state index in [0.29, 0.717) is 4.73 Å². The number of benzene rings is 1. The highest BCUT2D eigenvalue weighted by molar-refractivity contribution is 9.10. The summed E-state index contributed by atoms with van der Waals surface area (Å²) in [6.07, 6.45) is 1.76. The topological polar surface area (TPSA) is 25.8 Å². The highest BCUT2D eigenvalue weighted by atomic mass is 79.9. The number of aryl methyl sites for hydroxylation is 2. The van der Waals surface area contributed by atoms with Gasteiger partial charge in [0.05, 0.1) is 5.69 Å². The van der Waals surface area contributed by atoms with Crippen LogP contribution in [0.25, 0.3) is 11.3 Å². The van der Waals surface area contributed by atoms with E-state index < -0.39 is 0 Å². The smallest absolute Gasteiger partial charge is 0.197 e. The molecule has 1 heterocycles. The molecule has 0 aliphatic heterocycles. The van der Waals surface area contributed by atoms with E-state index >= 15 is 0 Å². The van der Waals surface area contributed by atoms with E-state index in [-0.39, 0.29) is 0 Å². The van der Waals surface area contributed by atoms with Crippen molar-refractivity contribution in [1.29, 1.82) is 0 Å². The van der Waals surface area contributed by atoms with E-state index in [1.807, 2.05) is 6.07 Å². The van der Waals surface area contributed by atoms with Gasteiger partial charge in [-0.3, -0.25) is 0 Å². The van der Waals surface area contributed by atoms with Crippen molar-refractivity contribution in [2.75, 3.05) is 0 Å². The molecule has 3 heteroatoms. The molecule has 0 aliphatic carbocycles. The molecule has 76 valence electrons. The van der Waals surface area contributed by atoms with Gasteiger partial charge in [-0.25, -0.2) is 9.97 Å². The van der Waals surface area contributed by atoms with Gasteiger partial charge in [0.2, 0.25) is 0 Å². The average molecular weight is 263 g/mol. The quantitative estimate of drug-likeness (QED) is 0.735. The summed E-state index contributed by atoms with van der Waals surface area (Å²) in [4.78, 5) is 8.37. The predicted molar refractivity (Wildman–Crippen MR) is 64.6 cm³/mol. The third-order valence-corrected chi connectivity index (χ3v) is 2.68. The van der Waals surface area contributed by atoms with Crippen LogP contribution >= 0.6 is 15.9 Å². The molecular formula is C12H11BrN2. The van der Waals surface area contributed by atoms with Crippen LogP contribution in [0.2, 0.25) is 0 Å². The van der Waals surface area contributed by atoms with Crippen LogP contribution in [0.5, 0.6) is 0 Å². The Hall–Kier alpha value is -1.22. The van der Waals surface area contributed by atoms with Crippen molar-refractivity contribution in [3.8, 4) is 11.3 Å². The number of hydrogen-bond acceptors (Lipinski definition) is 2. The highest BCUT2D eigenvalue weighted by Gasteiger charge is 2.04. The Bertz CT molecular complexity index is 495. The summed E-state index contributed by atoms with van der Waals surface area (Å²) in [5.74, 6) is 0. The molecule has 2 aromatic rings. The lowest BCUT2D eigenvalue weighted by Gasteiger charge is -2.06. The van der Waals surface area contributed by atoms with E-state index in [4.69, 9.17) is 0 Å². The second-order valence-corrected chi connectivity index (χ2v) is 4.24. The molecule has 1 aromatic heterocycles. The van der Waals surface area contributed by atoms with E-state index in [9.17, 15) is 0 Å². The maximum absolute atomic E-state index is 4.35. The van der Waals surface area contributed by atoms with Crippen molar-refractivity contribution in [3.63, 3.8) is 0 Å². The monoisotopic (exact) mass is 262 g/mol. The van der Waals surface area contributed by atoms with Gasteiger partial charge < -0.3 is 0 Å². The lowest BCUT2D eigenvalue weighted by atomic mass is 10.0. The van der Waals surface area contributed by atoms with E-state index in [2.05, 4.69) is 57.9 Å². The highest BCUT2D eigenvalue weighted by Crippen LogP contribution is 2.23. The Kier molecular flexibility index (Phi) is 2.82. The van der Waals surface area contributed by atoms with Crippen LogP contribution in [0, 0.1) is 13.8 Å². The standard InChI is InChI=1S/C12H11BrN2/c1-8-3-4-9(2)10(7-8)11-5-6-14-12(13)15-11/h3-7H,1-2H3. The largest absolute Gasteiger partial charge is 0.231 e. The third kappa shape index (κ3) is 2.23. The van der Waals surface area contributed by atoms with Gasteiger partial charge in [0.25, 0.3) is 0 Å². The zero-order valence-electron chi connectivity index (χ0n) is 8.66. The Labute approximate surface area is 97.5 Å². The van der Waals surface area contributed by atoms with Gasteiger partial charge in [-0.1, -0.05) is 17.7 Å². The summed E-state index contributed by atoms with van der Waals surface area (Å²) in [6, 6.07) is 8.28. The molecule has 1 aromatic carbocycles. The minimum Gasteiger partial charge on any atom is -0.231 e. The van der Waals surface area contributed by atoms with Crippen LogP contribution in [-0.4, -0.2) is 9.97 Å². The first-order chi connectivity index (χ1) is 7.16. The van der Waals surface area contributed by atoms with Crippen LogP contribution in [0.15, 0.2) is 35.2 Å². The molecule has 0 atom stereocenters. The lowest BCUT2D eigenvalue weighted by Crippen LogP contribution is -1.90. The molecule has 0 bridgehead atoms. The molecular weight excluding hydrogens is 252 g/mol. The van der Waals surface area contributed by atoms with Crippen LogP contribution in [-0.2, 0) is 0 Å². The van der Waals surface area contributed by atoms with Gasteiger partial charge in [-0.05, 0) is 47.5 Å². The zero-order chi connectivity index (χ0) is 10.8. The first-order valence-corrected chi connectivity index (χ1v) is 5.52. The van der Waals surface area contributed by atoms with Crippen LogP contribution in [0.3, 0.4) is 0 Å². The summed E-state index contributed by atoms with van der Waals surface area (Å²) in [6.45, 7) is 4.17. The van der Waals surface area contributed by atoms with Gasteiger partial charge in [-0.15, -0.1) is 0 Å². The number of nitrogens with zero attached hydrogens (tertiary/aromatic N) is 2. The maximum Gasteiger partial charge on any atom is 0.197 e. The first-order valence-electron chi connectivity index (χ1n) is 4.73. The van der Waals surface area contributed by atoms with Crippen LogP contribution in [0.4, 0.5) is 0 Å². The second-order valence-electron chi connectivity index (χ2n) is 3.53. The summed E-state index contributed by atoms with van der Waals surface area (Å²) in [5.41, 5.74) is 4.59. The summed E-state index contributed by atoms with van der Waals surface area (Å²) < 4.78 is 0.626. The van der Waals surface area contributed by atoms with Crippen molar-refractivity contribution in [3.05, 3.63) is 46.3 Å². The summed E-state index contributed by atoms with van der Waals surface area (Å²) in [7, 11) is 0. The molecule has 0 N–H and O–H groups in total. The molecule has 0 unspecified atom stereocenters. The summed E-state index contributed by atoms with van der Waals surface area (Å²) in [5, 5.41) is 0. The Balaban J connectivity index is 2.58. The van der Waals surface area contributed by atoms with Gasteiger partial charge in [-0.2, -0.15) is 0 Å². The number of aromatic nitrogens is 2. The molecule has 0 fully saturated rings. The second kappa shape index (κ2) is 4.11. The van der Waals surface area contributed by atoms with Crippen molar-refractivity contribution < 1.29 is 0 Å². The van der Waals surface area contributed by atoms with E-state index in [0.717, 1.165) is 11.3 Å². The van der Waals surface area contributed by atoms with Crippen molar-refractivity contribution >= 4 is 15.9 Å². The van der Waals surface area contributed by atoms with E-state index in [1.54, 1.807) is 6.20 Å². The SMILES string of the molecule is Cc1ccc(C)c(-c2ccnc(Br)n2)c1. The molecule has 0 saturated carbocycles. The first kappa shape index (κ1) is 10.3. The Morgan fingerprint density at radius 1 is 1.13 bits per heavy atom. The number of hydrogen-bond donors (Lipinski definition) is 0. The number of halogens is 1. The van der Waals surface area contributed by atoms with Gasteiger partial charge in [0.15, 0.2) is 4.73 Å². The fourth-order valence-corrected chi connectivity index (χ4v) is 1.81. The predicted octanol–water partition coefficient (Wildman–Crippen LogP) is 3.52. The summed E-state index contributed by atoms with van der Waals surface area (Å²) >= 11 is 3.28.